The van der Waals surface area contributed by atoms with Gasteiger partial charge < -0.3 is 0 Å². The van der Waals surface area contributed by atoms with E-state index in [1.165, 1.54) is 0 Å². The van der Waals surface area contributed by atoms with Gasteiger partial charge in [0.25, 0.3) is 0 Å². The van der Waals surface area contributed by atoms with E-state index in [2.05, 4.69) is 75.2 Å². The van der Waals surface area contributed by atoms with Crippen molar-refractivity contribution >= 4 is 23.2 Å². The number of alkyl halides is 2. The molecule has 27 heavy (non-hydrogen) atoms. The minimum Gasteiger partial charge on any atom is -0.296 e. The maximum atomic E-state index is 7.01. The number of hydrogen-bond acceptors (Lipinski definition) is 4. The van der Waals surface area contributed by atoms with Crippen LogP contribution in [0.5, 0.6) is 0 Å². The van der Waals surface area contributed by atoms with Crippen LogP contribution >= 0.6 is 23.2 Å². The third-order valence-corrected chi connectivity index (χ3v) is 7.71. The molecule has 0 aromatic carbocycles. The Morgan fingerprint density at radius 1 is 0.556 bits per heavy atom. The summed E-state index contributed by atoms with van der Waals surface area (Å²) in [4.78, 5) is 9.19. The monoisotopic (exact) mass is 461 g/mol. The summed E-state index contributed by atoms with van der Waals surface area (Å²) < 4.78 is 0. The third kappa shape index (κ3) is 6.21. The van der Waals surface area contributed by atoms with Gasteiger partial charge in [-0.25, -0.2) is 0 Å². The summed E-state index contributed by atoms with van der Waals surface area (Å²) in [5.41, 5.74) is 0.0569. The van der Waals surface area contributed by atoms with Crippen LogP contribution in [0.15, 0.2) is 0 Å². The average Bonchev–Trinajstić information content (AvgIpc) is 2.44. The van der Waals surface area contributed by atoms with E-state index in [1.54, 1.807) is 0 Å². The van der Waals surface area contributed by atoms with Crippen LogP contribution in [0.3, 0.4) is 0 Å². The molecule has 0 saturated carbocycles. The largest absolute Gasteiger partial charge is 2.00 e. The summed E-state index contributed by atoms with van der Waals surface area (Å²) in [5, 5.41) is 0. The zero-order chi connectivity index (χ0) is 20.0. The second-order valence-electron chi connectivity index (χ2n) is 10.1. The van der Waals surface area contributed by atoms with E-state index in [0.717, 1.165) is 52.1 Å². The molecule has 0 amide bonds. The van der Waals surface area contributed by atoms with Crippen LogP contribution in [-0.2, 0) is 17.1 Å². The number of hydrogen-bond donors (Lipinski definition) is 0. The predicted molar refractivity (Wildman–Crippen MR) is 114 cm³/mol. The van der Waals surface area contributed by atoms with Gasteiger partial charge in [-0.3, -0.25) is 19.6 Å². The molecule has 7 heteroatoms. The summed E-state index contributed by atoms with van der Waals surface area (Å²) in [6.45, 7) is 19.8. The fourth-order valence-corrected chi connectivity index (χ4v) is 5.58. The zero-order valence-electron chi connectivity index (χ0n) is 18.6. The summed E-state index contributed by atoms with van der Waals surface area (Å²) in [5.74, 6) is 0. The van der Waals surface area contributed by atoms with Crippen LogP contribution in [-0.4, -0.2) is 94.0 Å². The van der Waals surface area contributed by atoms with Crippen LogP contribution in [0.2, 0.25) is 0 Å². The standard InChI is InChI=1S/C20H40Cl2N4.Mn/c1-17(2)15-19(5,21)23(7)10-12-26-14-13-25(17)11-9-24(8)20(6,22)16-18(26,3)4;/h9-16H2,1-8H3;/q;+2. The van der Waals surface area contributed by atoms with Gasteiger partial charge in [0, 0.05) is 50.3 Å². The molecule has 2 aliphatic rings. The molecule has 0 aromatic rings. The van der Waals surface area contributed by atoms with Gasteiger partial charge in [-0.15, -0.1) is 23.2 Å². The van der Waals surface area contributed by atoms with E-state index in [-0.39, 0.29) is 38.1 Å². The van der Waals surface area contributed by atoms with Crippen LogP contribution in [0.25, 0.3) is 0 Å². The topological polar surface area (TPSA) is 13.0 Å². The van der Waals surface area contributed by atoms with Crippen molar-refractivity contribution in [3.8, 4) is 0 Å². The van der Waals surface area contributed by atoms with Gasteiger partial charge in [-0.2, -0.15) is 0 Å². The van der Waals surface area contributed by atoms with Crippen LogP contribution < -0.4 is 0 Å². The zero-order valence-corrected chi connectivity index (χ0v) is 21.3. The SMILES string of the molecule is CN1CCN2CCN(CCN(C)C(C)(Cl)CC2(C)C)C(C)(C)CC1(C)Cl.[Mn+2]. The predicted octanol–water partition coefficient (Wildman–Crippen LogP) is 3.73. The van der Waals surface area contributed by atoms with Crippen molar-refractivity contribution in [1.29, 1.82) is 0 Å². The van der Waals surface area contributed by atoms with Gasteiger partial charge in [0.15, 0.2) is 0 Å². The molecular weight excluding hydrogens is 422 g/mol. The van der Waals surface area contributed by atoms with E-state index in [4.69, 9.17) is 23.2 Å². The van der Waals surface area contributed by atoms with E-state index in [0.29, 0.717) is 0 Å². The summed E-state index contributed by atoms with van der Waals surface area (Å²) >= 11 is 14.0. The molecule has 2 fully saturated rings. The molecule has 0 aromatic heterocycles. The maximum Gasteiger partial charge on any atom is 2.00 e. The molecule has 4 unspecified atom stereocenters. The molecule has 4 nitrogen and oxygen atoms in total. The number of likely N-dealkylation sites (N-methyl/N-ethyl adjacent to an activating group) is 2. The fraction of sp³-hybridized carbons (Fsp3) is 1.00. The summed E-state index contributed by atoms with van der Waals surface area (Å²) in [6, 6.07) is 0. The van der Waals surface area contributed by atoms with Crippen molar-refractivity contribution < 1.29 is 17.1 Å². The first-order valence-corrected chi connectivity index (χ1v) is 10.7. The molecule has 2 bridgehead atoms. The van der Waals surface area contributed by atoms with Crippen LogP contribution in [0.1, 0.15) is 54.4 Å². The first-order valence-electron chi connectivity index (χ1n) is 9.98. The fourth-order valence-electron chi connectivity index (χ4n) is 4.76. The first-order chi connectivity index (χ1) is 11.7. The van der Waals surface area contributed by atoms with Gasteiger partial charge >= 0.3 is 17.1 Å². The molecule has 0 N–H and O–H groups in total. The van der Waals surface area contributed by atoms with Crippen LogP contribution in [0, 0.1) is 0 Å². The van der Waals surface area contributed by atoms with Crippen LogP contribution in [0.4, 0.5) is 0 Å². The number of rotatable bonds is 0. The summed E-state index contributed by atoms with van der Waals surface area (Å²) in [6.07, 6.45) is 1.87. The molecule has 159 valence electrons. The molecule has 2 saturated heterocycles. The Labute approximate surface area is 188 Å². The minimum absolute atomic E-state index is 0. The van der Waals surface area contributed by atoms with E-state index in [9.17, 15) is 0 Å². The van der Waals surface area contributed by atoms with E-state index < -0.39 is 0 Å². The third-order valence-electron chi connectivity index (χ3n) is 6.86. The molecule has 2 heterocycles. The smallest absolute Gasteiger partial charge is 0.296 e. The van der Waals surface area contributed by atoms with Crippen molar-refractivity contribution in [2.75, 3.05) is 53.4 Å². The first kappa shape index (κ1) is 26.0. The number of halogens is 2. The molecule has 2 rings (SSSR count). The molecule has 2 aliphatic heterocycles. The quantitative estimate of drug-likeness (QED) is 0.309. The second kappa shape index (κ2) is 8.98. The molecule has 0 aliphatic carbocycles. The molecular formula is C20H40Cl2MnN4+2. The normalized spacial score (nSPS) is 41.6. The Bertz CT molecular complexity index is 452. The molecule has 1 radical (unpaired) electrons. The second-order valence-corrected chi connectivity index (χ2v) is 11.7. The Kier molecular flexibility index (Phi) is 8.63. The van der Waals surface area contributed by atoms with Crippen molar-refractivity contribution in [3.63, 3.8) is 0 Å². The average molecular weight is 462 g/mol. The van der Waals surface area contributed by atoms with Gasteiger partial charge in [0.05, 0.1) is 10.00 Å². The number of nitrogens with zero attached hydrogens (tertiary/aromatic N) is 4. The Morgan fingerprint density at radius 2 is 0.815 bits per heavy atom. The van der Waals surface area contributed by atoms with Crippen molar-refractivity contribution in [3.05, 3.63) is 0 Å². The van der Waals surface area contributed by atoms with Gasteiger partial charge in [-0.1, -0.05) is 0 Å². The number of fused-ring (bicyclic) bond motifs is 3. The van der Waals surface area contributed by atoms with Crippen molar-refractivity contribution in [1.82, 2.24) is 19.6 Å². The van der Waals surface area contributed by atoms with E-state index in [1.807, 2.05) is 0 Å². The van der Waals surface area contributed by atoms with E-state index >= 15 is 0 Å². The Hall–Kier alpha value is 0.939. The Balaban J connectivity index is 0.00000364. The molecule has 0 spiro atoms. The summed E-state index contributed by atoms with van der Waals surface area (Å²) in [7, 11) is 4.32. The maximum absolute atomic E-state index is 7.01. The van der Waals surface area contributed by atoms with Gasteiger partial charge in [0.1, 0.15) is 0 Å². The Morgan fingerprint density at radius 3 is 1.11 bits per heavy atom. The van der Waals surface area contributed by atoms with Crippen molar-refractivity contribution in [2.24, 2.45) is 0 Å². The van der Waals surface area contributed by atoms with Gasteiger partial charge in [0.2, 0.25) is 0 Å². The van der Waals surface area contributed by atoms with Gasteiger partial charge in [-0.05, 0) is 68.5 Å². The molecule has 4 atom stereocenters. The van der Waals surface area contributed by atoms with Crippen molar-refractivity contribution in [2.45, 2.75) is 75.5 Å². The minimum atomic E-state index is -0.341.